The zero-order valence-electron chi connectivity index (χ0n) is 17.5. The standard InChI is InChI=1S/C20H23N9O2/c1-28-17(9-15(27-28)19-21-6-4-18(26-19)30-3)24-16-8-14(23-12-5-7-31-11-12)13-10-22-29(2)20(13)25-16/h4,6,8-10,12H,5,7,11H2,1-3H3,(H2,23,24,25). The van der Waals surface area contributed by atoms with Crippen molar-refractivity contribution in [3.8, 4) is 17.4 Å². The molecule has 1 saturated heterocycles. The number of nitrogens with one attached hydrogen (secondary N) is 2. The van der Waals surface area contributed by atoms with Crippen LogP contribution >= 0.6 is 0 Å². The molecule has 1 fully saturated rings. The zero-order valence-corrected chi connectivity index (χ0v) is 17.5. The quantitative estimate of drug-likeness (QED) is 0.483. The molecule has 160 valence electrons. The summed E-state index contributed by atoms with van der Waals surface area (Å²) in [4.78, 5) is 13.4. The van der Waals surface area contributed by atoms with Crippen LogP contribution < -0.4 is 15.4 Å². The molecular formula is C20H23N9O2. The molecule has 0 amide bonds. The van der Waals surface area contributed by atoms with Crippen molar-refractivity contribution in [2.24, 2.45) is 14.1 Å². The smallest absolute Gasteiger partial charge is 0.216 e. The summed E-state index contributed by atoms with van der Waals surface area (Å²) in [6.07, 6.45) is 4.44. The number of fused-ring (bicyclic) bond motifs is 1. The first-order valence-electron chi connectivity index (χ1n) is 9.96. The Morgan fingerprint density at radius 3 is 2.90 bits per heavy atom. The summed E-state index contributed by atoms with van der Waals surface area (Å²) in [6, 6.07) is 5.83. The van der Waals surface area contributed by atoms with Crippen molar-refractivity contribution in [1.29, 1.82) is 0 Å². The van der Waals surface area contributed by atoms with Gasteiger partial charge in [-0.1, -0.05) is 0 Å². The Labute approximate surface area is 178 Å². The second-order valence-electron chi connectivity index (χ2n) is 7.35. The third-order valence-electron chi connectivity index (χ3n) is 5.20. The highest BCUT2D eigenvalue weighted by Gasteiger charge is 2.19. The number of rotatable bonds is 6. The number of ether oxygens (including phenoxy) is 2. The monoisotopic (exact) mass is 421 g/mol. The van der Waals surface area contributed by atoms with E-state index in [0.29, 0.717) is 29.8 Å². The van der Waals surface area contributed by atoms with E-state index in [0.717, 1.165) is 35.6 Å². The lowest BCUT2D eigenvalue weighted by molar-refractivity contribution is 0.195. The minimum atomic E-state index is 0.271. The van der Waals surface area contributed by atoms with Crippen LogP contribution in [-0.2, 0) is 18.8 Å². The van der Waals surface area contributed by atoms with E-state index in [4.69, 9.17) is 14.5 Å². The van der Waals surface area contributed by atoms with Crippen LogP contribution in [0.4, 0.5) is 17.3 Å². The Hall–Kier alpha value is -3.73. The predicted molar refractivity (Wildman–Crippen MR) is 115 cm³/mol. The van der Waals surface area contributed by atoms with Gasteiger partial charge >= 0.3 is 0 Å². The van der Waals surface area contributed by atoms with Gasteiger partial charge in [-0.05, 0) is 6.42 Å². The van der Waals surface area contributed by atoms with E-state index in [2.05, 4.69) is 30.8 Å². The molecule has 11 heteroatoms. The summed E-state index contributed by atoms with van der Waals surface area (Å²) in [6.45, 7) is 1.46. The van der Waals surface area contributed by atoms with Crippen LogP contribution in [0.15, 0.2) is 30.6 Å². The Kier molecular flexibility index (Phi) is 4.86. The maximum atomic E-state index is 5.50. The van der Waals surface area contributed by atoms with E-state index in [1.165, 1.54) is 0 Å². The van der Waals surface area contributed by atoms with E-state index in [9.17, 15) is 0 Å². The van der Waals surface area contributed by atoms with E-state index >= 15 is 0 Å². The van der Waals surface area contributed by atoms with E-state index < -0.39 is 0 Å². The zero-order chi connectivity index (χ0) is 21.4. The number of methoxy groups -OCH3 is 1. The van der Waals surface area contributed by atoms with E-state index in [-0.39, 0.29) is 6.04 Å². The molecule has 1 unspecified atom stereocenters. The molecule has 0 spiro atoms. The molecule has 11 nitrogen and oxygen atoms in total. The van der Waals surface area contributed by atoms with Gasteiger partial charge in [-0.25, -0.2) is 9.97 Å². The lowest BCUT2D eigenvalue weighted by Crippen LogP contribution is -2.19. The number of pyridine rings is 1. The van der Waals surface area contributed by atoms with E-state index in [1.807, 2.05) is 32.4 Å². The van der Waals surface area contributed by atoms with Gasteiger partial charge in [0, 0.05) is 45.1 Å². The average Bonchev–Trinajstić information content (AvgIpc) is 3.51. The van der Waals surface area contributed by atoms with Gasteiger partial charge in [0.25, 0.3) is 0 Å². The maximum absolute atomic E-state index is 5.50. The van der Waals surface area contributed by atoms with Gasteiger partial charge in [0.05, 0.1) is 37.0 Å². The highest BCUT2D eigenvalue weighted by atomic mass is 16.5. The maximum Gasteiger partial charge on any atom is 0.216 e. The molecule has 1 aliphatic heterocycles. The van der Waals surface area contributed by atoms with Gasteiger partial charge in [-0.2, -0.15) is 15.2 Å². The van der Waals surface area contributed by atoms with Gasteiger partial charge in [0.1, 0.15) is 17.3 Å². The SMILES string of the molecule is COc1ccnc(-c2cc(Nc3cc(NC4CCOC4)c4cnn(C)c4n3)n(C)n2)n1. The normalized spacial score (nSPS) is 16.0. The van der Waals surface area contributed by atoms with Crippen molar-refractivity contribution in [3.63, 3.8) is 0 Å². The van der Waals surface area contributed by atoms with Crippen LogP contribution in [0, 0.1) is 0 Å². The second kappa shape index (κ2) is 7.84. The fourth-order valence-electron chi connectivity index (χ4n) is 3.57. The average molecular weight is 421 g/mol. The van der Waals surface area contributed by atoms with Crippen LogP contribution in [0.25, 0.3) is 22.6 Å². The number of anilines is 3. The molecule has 5 rings (SSSR count). The molecule has 0 aromatic carbocycles. The Balaban J connectivity index is 1.47. The predicted octanol–water partition coefficient (Wildman–Crippen LogP) is 2.11. The van der Waals surface area contributed by atoms with Gasteiger partial charge in [0.15, 0.2) is 11.5 Å². The molecule has 1 atom stereocenters. The van der Waals surface area contributed by atoms with Gasteiger partial charge < -0.3 is 20.1 Å². The summed E-state index contributed by atoms with van der Waals surface area (Å²) in [5.41, 5.74) is 2.38. The number of hydrogen-bond donors (Lipinski definition) is 2. The van der Waals surface area contributed by atoms with Crippen LogP contribution in [0.5, 0.6) is 5.88 Å². The molecule has 4 aromatic rings. The third kappa shape index (κ3) is 3.75. The molecule has 0 radical (unpaired) electrons. The number of aryl methyl sites for hydroxylation is 2. The minimum Gasteiger partial charge on any atom is -0.481 e. The molecule has 2 N–H and O–H groups in total. The van der Waals surface area contributed by atoms with Crippen molar-refractivity contribution < 1.29 is 9.47 Å². The van der Waals surface area contributed by atoms with Crippen molar-refractivity contribution in [3.05, 3.63) is 30.6 Å². The van der Waals surface area contributed by atoms with E-state index in [1.54, 1.807) is 28.7 Å². The highest BCUT2D eigenvalue weighted by Crippen LogP contribution is 2.29. The van der Waals surface area contributed by atoms with Crippen molar-refractivity contribution in [2.45, 2.75) is 12.5 Å². The van der Waals surface area contributed by atoms with Gasteiger partial charge in [-0.15, -0.1) is 0 Å². The minimum absolute atomic E-state index is 0.271. The summed E-state index contributed by atoms with van der Waals surface area (Å²) in [5, 5.41) is 16.8. The van der Waals surface area contributed by atoms with Crippen LogP contribution in [0.1, 0.15) is 6.42 Å². The number of hydrogen-bond acceptors (Lipinski definition) is 9. The van der Waals surface area contributed by atoms with Crippen LogP contribution in [0.2, 0.25) is 0 Å². The molecule has 5 heterocycles. The van der Waals surface area contributed by atoms with Crippen LogP contribution in [0.3, 0.4) is 0 Å². The van der Waals surface area contributed by atoms with Crippen molar-refractivity contribution in [1.82, 2.24) is 34.5 Å². The molecule has 31 heavy (non-hydrogen) atoms. The first kappa shape index (κ1) is 19.2. The largest absolute Gasteiger partial charge is 0.481 e. The van der Waals surface area contributed by atoms with Crippen LogP contribution in [-0.4, -0.2) is 60.9 Å². The van der Waals surface area contributed by atoms with Crippen molar-refractivity contribution in [2.75, 3.05) is 31.0 Å². The molecule has 0 bridgehead atoms. The summed E-state index contributed by atoms with van der Waals surface area (Å²) >= 11 is 0. The molecule has 0 saturated carbocycles. The van der Waals surface area contributed by atoms with Gasteiger partial charge in [0.2, 0.25) is 5.88 Å². The first-order valence-corrected chi connectivity index (χ1v) is 9.96. The fraction of sp³-hybridized carbons (Fsp3) is 0.350. The van der Waals surface area contributed by atoms with Gasteiger partial charge in [-0.3, -0.25) is 9.36 Å². The second-order valence-corrected chi connectivity index (χ2v) is 7.35. The Bertz CT molecular complexity index is 1230. The Morgan fingerprint density at radius 1 is 1.19 bits per heavy atom. The lowest BCUT2D eigenvalue weighted by atomic mass is 10.2. The first-order chi connectivity index (χ1) is 15.1. The number of aromatic nitrogens is 7. The Morgan fingerprint density at radius 2 is 2.10 bits per heavy atom. The fourth-order valence-corrected chi connectivity index (χ4v) is 3.57. The third-order valence-corrected chi connectivity index (χ3v) is 5.20. The summed E-state index contributed by atoms with van der Waals surface area (Å²) in [5.74, 6) is 2.41. The highest BCUT2D eigenvalue weighted by molar-refractivity contribution is 5.91. The molecular weight excluding hydrogens is 398 g/mol. The number of nitrogens with zero attached hydrogens (tertiary/aromatic N) is 7. The summed E-state index contributed by atoms with van der Waals surface area (Å²) in [7, 11) is 5.30. The molecule has 4 aromatic heterocycles. The van der Waals surface area contributed by atoms with Crippen molar-refractivity contribution >= 4 is 28.4 Å². The molecule has 1 aliphatic rings. The summed E-state index contributed by atoms with van der Waals surface area (Å²) < 4.78 is 14.2. The lowest BCUT2D eigenvalue weighted by Gasteiger charge is -2.15. The molecule has 0 aliphatic carbocycles. The topological polar surface area (TPSA) is 117 Å².